The maximum absolute atomic E-state index is 12.8. The Morgan fingerprint density at radius 3 is 1.50 bits per heavy atom. The number of nitrogens with zero attached hydrogens (tertiary/aromatic N) is 5. The lowest BCUT2D eigenvalue weighted by atomic mass is 10.1. The minimum Gasteiger partial charge on any atom is -0.351 e. The molecule has 2 aromatic carbocycles. The van der Waals surface area contributed by atoms with Crippen molar-refractivity contribution in [3.63, 3.8) is 0 Å². The van der Waals surface area contributed by atoms with Gasteiger partial charge >= 0.3 is 6.03 Å². The Kier molecular flexibility index (Phi) is 6.67. The number of carbonyl (C=O) groups excluding carboxylic acids is 1. The highest BCUT2D eigenvalue weighted by Gasteiger charge is 2.26. The summed E-state index contributed by atoms with van der Waals surface area (Å²) < 4.78 is 0. The van der Waals surface area contributed by atoms with Gasteiger partial charge in [0.1, 0.15) is 0 Å². The molecule has 0 aliphatic heterocycles. The van der Waals surface area contributed by atoms with Crippen molar-refractivity contribution in [2.24, 2.45) is 5.73 Å². The van der Waals surface area contributed by atoms with Gasteiger partial charge in [-0.3, -0.25) is 4.90 Å². The molecule has 0 aliphatic carbocycles. The SMILES string of the molecule is CSc1ncc(N(C(N)=O)c2cnc(SC)nc2-c2ccccc2)c(-c2ccccc2)n1. The van der Waals surface area contributed by atoms with Crippen LogP contribution in [0.15, 0.2) is 83.4 Å². The number of urea groups is 1. The minimum atomic E-state index is -0.680. The monoisotopic (exact) mass is 460 g/mol. The molecule has 2 amide bonds. The van der Waals surface area contributed by atoms with Crippen LogP contribution in [0.25, 0.3) is 22.5 Å². The molecule has 4 aromatic rings. The number of hydrogen-bond donors (Lipinski definition) is 1. The Hall–Kier alpha value is -3.43. The van der Waals surface area contributed by atoms with Crippen molar-refractivity contribution >= 4 is 40.9 Å². The molecular formula is C23H20N6OS2. The Morgan fingerprint density at radius 2 is 1.16 bits per heavy atom. The second kappa shape index (κ2) is 9.80. The van der Waals surface area contributed by atoms with Gasteiger partial charge in [0.2, 0.25) is 0 Å². The first-order chi connectivity index (χ1) is 15.6. The van der Waals surface area contributed by atoms with Crippen LogP contribution in [0, 0.1) is 0 Å². The van der Waals surface area contributed by atoms with Crippen molar-refractivity contribution in [2.45, 2.75) is 10.3 Å². The Bertz CT molecular complexity index is 1150. The van der Waals surface area contributed by atoms with E-state index in [1.165, 1.54) is 28.4 Å². The highest BCUT2D eigenvalue weighted by Crippen LogP contribution is 2.38. The molecule has 0 unspecified atom stereocenters. The van der Waals surface area contributed by atoms with Crippen LogP contribution in [0.4, 0.5) is 16.2 Å². The van der Waals surface area contributed by atoms with Crippen LogP contribution in [0.1, 0.15) is 0 Å². The first kappa shape index (κ1) is 21.8. The third-order valence-electron chi connectivity index (χ3n) is 4.66. The normalized spacial score (nSPS) is 10.7. The number of hydrogen-bond acceptors (Lipinski definition) is 7. The summed E-state index contributed by atoms with van der Waals surface area (Å²) in [7, 11) is 0. The van der Waals surface area contributed by atoms with Gasteiger partial charge in [0.25, 0.3) is 0 Å². The van der Waals surface area contributed by atoms with Gasteiger partial charge in [0.15, 0.2) is 10.3 Å². The Balaban J connectivity index is 1.97. The smallest absolute Gasteiger partial charge is 0.324 e. The zero-order valence-electron chi connectivity index (χ0n) is 17.5. The molecule has 2 aromatic heterocycles. The van der Waals surface area contributed by atoms with Crippen LogP contribution in [0.2, 0.25) is 0 Å². The maximum Gasteiger partial charge on any atom is 0.324 e. The molecule has 9 heteroatoms. The number of anilines is 2. The lowest BCUT2D eigenvalue weighted by Crippen LogP contribution is -2.33. The van der Waals surface area contributed by atoms with E-state index >= 15 is 0 Å². The molecule has 0 radical (unpaired) electrons. The number of thioether (sulfide) groups is 2. The fraction of sp³-hybridized carbons (Fsp3) is 0.0870. The molecule has 0 fully saturated rings. The molecule has 2 heterocycles. The van der Waals surface area contributed by atoms with Crippen LogP contribution in [0.5, 0.6) is 0 Å². The third-order valence-corrected chi connectivity index (χ3v) is 5.78. The first-order valence-electron chi connectivity index (χ1n) is 9.65. The van der Waals surface area contributed by atoms with E-state index in [2.05, 4.69) is 19.9 Å². The summed E-state index contributed by atoms with van der Waals surface area (Å²) in [5.41, 5.74) is 9.69. The van der Waals surface area contributed by atoms with Gasteiger partial charge in [-0.15, -0.1) is 0 Å². The lowest BCUT2D eigenvalue weighted by Gasteiger charge is -2.24. The highest BCUT2D eigenvalue weighted by molar-refractivity contribution is 7.98. The number of benzene rings is 2. The van der Waals surface area contributed by atoms with Crippen LogP contribution >= 0.6 is 23.5 Å². The predicted molar refractivity (Wildman–Crippen MR) is 130 cm³/mol. The predicted octanol–water partition coefficient (Wildman–Crippen LogP) is 5.26. The summed E-state index contributed by atoms with van der Waals surface area (Å²) in [6.07, 6.45) is 7.03. The van der Waals surface area contributed by atoms with Gasteiger partial charge in [0.05, 0.1) is 35.2 Å². The van der Waals surface area contributed by atoms with Crippen molar-refractivity contribution in [1.82, 2.24) is 19.9 Å². The largest absolute Gasteiger partial charge is 0.351 e. The molecule has 0 saturated heterocycles. The van der Waals surface area contributed by atoms with E-state index in [9.17, 15) is 4.79 Å². The molecule has 32 heavy (non-hydrogen) atoms. The fourth-order valence-electron chi connectivity index (χ4n) is 3.23. The van der Waals surface area contributed by atoms with Crippen molar-refractivity contribution in [3.05, 3.63) is 73.1 Å². The van der Waals surface area contributed by atoms with E-state index in [1.54, 1.807) is 12.4 Å². The number of primary amides is 1. The summed E-state index contributed by atoms with van der Waals surface area (Å²) in [6.45, 7) is 0. The number of rotatable bonds is 6. The first-order valence-corrected chi connectivity index (χ1v) is 12.1. The van der Waals surface area contributed by atoms with Gasteiger partial charge in [-0.05, 0) is 12.5 Å². The highest BCUT2D eigenvalue weighted by atomic mass is 32.2. The fourth-order valence-corrected chi connectivity index (χ4v) is 3.91. The van der Waals surface area contributed by atoms with Crippen molar-refractivity contribution < 1.29 is 4.79 Å². The van der Waals surface area contributed by atoms with Gasteiger partial charge < -0.3 is 5.73 Å². The zero-order chi connectivity index (χ0) is 22.5. The average molecular weight is 461 g/mol. The molecule has 0 atom stereocenters. The van der Waals surface area contributed by atoms with E-state index < -0.39 is 6.03 Å². The van der Waals surface area contributed by atoms with E-state index in [0.29, 0.717) is 33.1 Å². The molecule has 4 rings (SSSR count). The quantitative estimate of drug-likeness (QED) is 0.309. The molecule has 160 valence electrons. The molecule has 0 spiro atoms. The summed E-state index contributed by atoms with van der Waals surface area (Å²) in [5, 5.41) is 1.18. The second-order valence-electron chi connectivity index (χ2n) is 6.59. The maximum atomic E-state index is 12.8. The van der Waals surface area contributed by atoms with E-state index in [0.717, 1.165) is 11.1 Å². The van der Waals surface area contributed by atoms with Crippen LogP contribution in [-0.2, 0) is 0 Å². The molecular weight excluding hydrogens is 440 g/mol. The standard InChI is InChI=1S/C23H20N6OS2/c1-31-22-25-13-17(19(27-22)15-9-5-3-6-10-15)29(21(24)30)18-14-26-23(32-2)28-20(18)16-11-7-4-8-12-16/h3-14H,1-2H3,(H2,24,30). The average Bonchev–Trinajstić information content (AvgIpc) is 2.85. The molecule has 7 nitrogen and oxygen atoms in total. The van der Waals surface area contributed by atoms with Gasteiger partial charge in [0, 0.05) is 11.1 Å². The lowest BCUT2D eigenvalue weighted by molar-refractivity contribution is 0.256. The summed E-state index contributed by atoms with van der Waals surface area (Å²) in [4.78, 5) is 32.4. The summed E-state index contributed by atoms with van der Waals surface area (Å²) >= 11 is 2.85. The van der Waals surface area contributed by atoms with Gasteiger partial charge in [-0.1, -0.05) is 84.2 Å². The molecule has 0 saturated carbocycles. The van der Waals surface area contributed by atoms with Gasteiger partial charge in [-0.2, -0.15) is 0 Å². The molecule has 2 N–H and O–H groups in total. The number of carbonyl (C=O) groups is 1. The second-order valence-corrected chi connectivity index (χ2v) is 8.13. The van der Waals surface area contributed by atoms with Crippen molar-refractivity contribution in [1.29, 1.82) is 0 Å². The zero-order valence-corrected chi connectivity index (χ0v) is 19.1. The summed E-state index contributed by atoms with van der Waals surface area (Å²) in [6, 6.07) is 18.6. The van der Waals surface area contributed by atoms with Crippen molar-refractivity contribution in [2.75, 3.05) is 17.4 Å². The van der Waals surface area contributed by atoms with Crippen LogP contribution in [0.3, 0.4) is 0 Å². The van der Waals surface area contributed by atoms with E-state index in [4.69, 9.17) is 5.73 Å². The van der Waals surface area contributed by atoms with E-state index in [1.807, 2.05) is 73.2 Å². The summed E-state index contributed by atoms with van der Waals surface area (Å²) in [5.74, 6) is 0. The Labute approximate surface area is 194 Å². The molecule has 0 aliphatic rings. The van der Waals surface area contributed by atoms with E-state index in [-0.39, 0.29) is 0 Å². The number of aromatic nitrogens is 4. The van der Waals surface area contributed by atoms with Crippen LogP contribution < -0.4 is 10.6 Å². The topological polar surface area (TPSA) is 97.9 Å². The minimum absolute atomic E-state index is 0.458. The van der Waals surface area contributed by atoms with Crippen molar-refractivity contribution in [3.8, 4) is 22.5 Å². The number of amides is 2. The van der Waals surface area contributed by atoms with Crippen LogP contribution in [-0.4, -0.2) is 38.5 Å². The molecule has 0 bridgehead atoms. The van der Waals surface area contributed by atoms with Gasteiger partial charge in [-0.25, -0.2) is 24.7 Å². The third kappa shape index (κ3) is 4.44. The number of nitrogens with two attached hydrogens (primary N) is 1. The Morgan fingerprint density at radius 1 is 0.750 bits per heavy atom.